The number of nitrogens with zero attached hydrogens (tertiary/aromatic N) is 4. The van der Waals surface area contributed by atoms with Crippen molar-refractivity contribution >= 4 is 23.4 Å². The number of benzene rings is 2. The lowest BCUT2D eigenvalue weighted by Gasteiger charge is -2.13. The molecule has 1 N–H and O–H groups in total. The van der Waals surface area contributed by atoms with Crippen molar-refractivity contribution in [1.29, 1.82) is 0 Å². The molecule has 2 aromatic carbocycles. The summed E-state index contributed by atoms with van der Waals surface area (Å²) in [5, 5.41) is 13.6. The van der Waals surface area contributed by atoms with E-state index in [9.17, 15) is 9.18 Å². The number of ether oxygens (including phenoxy) is 1. The lowest BCUT2D eigenvalue weighted by atomic mass is 10.2. The van der Waals surface area contributed by atoms with Crippen LogP contribution in [0.3, 0.4) is 0 Å². The van der Waals surface area contributed by atoms with Crippen molar-refractivity contribution in [2.24, 2.45) is 0 Å². The molecule has 144 valence electrons. The monoisotopic (exact) mass is 399 g/mol. The van der Waals surface area contributed by atoms with E-state index in [1.807, 2.05) is 12.1 Å². The van der Waals surface area contributed by atoms with Crippen LogP contribution in [0.15, 0.2) is 53.7 Å². The van der Waals surface area contributed by atoms with Crippen molar-refractivity contribution in [2.45, 2.75) is 23.8 Å². The van der Waals surface area contributed by atoms with E-state index in [1.54, 1.807) is 23.9 Å². The molecule has 1 aromatic heterocycles. The van der Waals surface area contributed by atoms with E-state index in [0.29, 0.717) is 11.3 Å². The van der Waals surface area contributed by atoms with Gasteiger partial charge in [0, 0.05) is 17.3 Å². The summed E-state index contributed by atoms with van der Waals surface area (Å²) >= 11 is 1.58. The minimum Gasteiger partial charge on any atom is -0.377 e. The fraction of sp³-hybridized carbons (Fsp3) is 0.263. The van der Waals surface area contributed by atoms with Gasteiger partial charge in [-0.1, -0.05) is 12.1 Å². The highest BCUT2D eigenvalue weighted by molar-refractivity contribution is 7.99. The number of hydrogen-bond acceptors (Lipinski definition) is 6. The Balaban J connectivity index is 1.51. The highest BCUT2D eigenvalue weighted by atomic mass is 32.2. The Morgan fingerprint density at radius 3 is 3.00 bits per heavy atom. The van der Waals surface area contributed by atoms with Gasteiger partial charge in [-0.3, -0.25) is 4.79 Å². The molecule has 1 fully saturated rings. The molecule has 9 heteroatoms. The maximum atomic E-state index is 14.2. The predicted molar refractivity (Wildman–Crippen MR) is 103 cm³/mol. The van der Waals surface area contributed by atoms with Crippen molar-refractivity contribution in [3.8, 4) is 5.69 Å². The average molecular weight is 399 g/mol. The molecule has 0 saturated carbocycles. The fourth-order valence-corrected chi connectivity index (χ4v) is 4.08. The van der Waals surface area contributed by atoms with Crippen LogP contribution in [0, 0.1) is 5.82 Å². The van der Waals surface area contributed by atoms with Crippen LogP contribution in [0.4, 0.5) is 10.1 Å². The summed E-state index contributed by atoms with van der Waals surface area (Å²) in [6.07, 6.45) is 3.72. The SMILES string of the molecule is O=C(Nc1cc(-n2cnnn2)ccc1F)c1ccccc1SC[C@@H]1CCCO1. The van der Waals surface area contributed by atoms with E-state index >= 15 is 0 Å². The molecule has 1 aliphatic heterocycles. The van der Waals surface area contributed by atoms with Gasteiger partial charge in [0.25, 0.3) is 5.91 Å². The van der Waals surface area contributed by atoms with Crippen LogP contribution in [0.2, 0.25) is 0 Å². The molecule has 2 heterocycles. The zero-order chi connectivity index (χ0) is 19.3. The molecule has 0 bridgehead atoms. The van der Waals surface area contributed by atoms with Crippen LogP contribution in [0.1, 0.15) is 23.2 Å². The van der Waals surface area contributed by atoms with Gasteiger partial charge in [0.15, 0.2) is 0 Å². The molecule has 0 radical (unpaired) electrons. The number of carbonyl (C=O) groups excluding carboxylic acids is 1. The number of amides is 1. The molecule has 1 saturated heterocycles. The number of anilines is 1. The number of nitrogens with one attached hydrogen (secondary N) is 1. The summed E-state index contributed by atoms with van der Waals surface area (Å²) in [5.74, 6) is -0.120. The minimum absolute atomic E-state index is 0.0666. The molecule has 1 amide bonds. The van der Waals surface area contributed by atoms with Crippen LogP contribution >= 0.6 is 11.8 Å². The molecule has 0 unspecified atom stereocenters. The number of thioether (sulfide) groups is 1. The number of tetrazole rings is 1. The average Bonchev–Trinajstić information content (AvgIpc) is 3.42. The minimum atomic E-state index is -0.533. The molecular weight excluding hydrogens is 381 g/mol. The van der Waals surface area contributed by atoms with Gasteiger partial charge in [-0.25, -0.2) is 9.07 Å². The molecule has 0 aliphatic carbocycles. The summed E-state index contributed by atoms with van der Waals surface area (Å²) in [6.45, 7) is 0.796. The third-order valence-electron chi connectivity index (χ3n) is 4.39. The van der Waals surface area contributed by atoms with Gasteiger partial charge in [-0.15, -0.1) is 16.9 Å². The summed E-state index contributed by atoms with van der Waals surface area (Å²) in [4.78, 5) is 13.7. The van der Waals surface area contributed by atoms with Crippen LogP contribution in [-0.4, -0.2) is 44.6 Å². The van der Waals surface area contributed by atoms with E-state index in [1.165, 1.54) is 29.2 Å². The third-order valence-corrected chi connectivity index (χ3v) is 5.60. The van der Waals surface area contributed by atoms with Crippen LogP contribution in [0.25, 0.3) is 5.69 Å². The number of hydrogen-bond donors (Lipinski definition) is 1. The van der Waals surface area contributed by atoms with Crippen molar-refractivity contribution in [3.63, 3.8) is 0 Å². The topological polar surface area (TPSA) is 81.9 Å². The molecule has 1 atom stereocenters. The predicted octanol–water partition coefficient (Wildman–Crippen LogP) is 3.32. The highest BCUT2D eigenvalue weighted by Crippen LogP contribution is 2.28. The molecular formula is C19H18FN5O2S. The zero-order valence-corrected chi connectivity index (χ0v) is 15.7. The van der Waals surface area contributed by atoms with E-state index < -0.39 is 5.82 Å². The zero-order valence-electron chi connectivity index (χ0n) is 14.9. The number of carbonyl (C=O) groups is 1. The van der Waals surface area contributed by atoms with Gasteiger partial charge < -0.3 is 10.1 Å². The first-order valence-electron chi connectivity index (χ1n) is 8.88. The third kappa shape index (κ3) is 4.20. The van der Waals surface area contributed by atoms with Crippen LogP contribution in [-0.2, 0) is 4.74 Å². The van der Waals surface area contributed by atoms with Crippen LogP contribution < -0.4 is 5.32 Å². The number of rotatable bonds is 6. The molecule has 4 rings (SSSR count). The molecule has 3 aromatic rings. The number of aromatic nitrogens is 4. The Morgan fingerprint density at radius 2 is 2.21 bits per heavy atom. The van der Waals surface area contributed by atoms with Gasteiger partial charge in [0.05, 0.1) is 23.0 Å². The Labute approximate surface area is 165 Å². The first kappa shape index (κ1) is 18.6. The maximum absolute atomic E-state index is 14.2. The maximum Gasteiger partial charge on any atom is 0.256 e. The second kappa shape index (κ2) is 8.49. The first-order valence-corrected chi connectivity index (χ1v) is 9.87. The van der Waals surface area contributed by atoms with Crippen molar-refractivity contribution in [3.05, 3.63) is 60.2 Å². The summed E-state index contributed by atoms with van der Waals surface area (Å²) < 4.78 is 21.3. The fourth-order valence-electron chi connectivity index (χ4n) is 2.96. The lowest BCUT2D eigenvalue weighted by Crippen LogP contribution is -2.15. The highest BCUT2D eigenvalue weighted by Gasteiger charge is 2.18. The van der Waals surface area contributed by atoms with E-state index in [-0.39, 0.29) is 17.7 Å². The van der Waals surface area contributed by atoms with Crippen LogP contribution in [0.5, 0.6) is 0 Å². The van der Waals surface area contributed by atoms with E-state index in [0.717, 1.165) is 30.1 Å². The second-order valence-corrected chi connectivity index (χ2v) is 7.38. The Bertz CT molecular complexity index is 961. The quantitative estimate of drug-likeness (QED) is 0.641. The molecule has 28 heavy (non-hydrogen) atoms. The second-order valence-electron chi connectivity index (χ2n) is 6.31. The van der Waals surface area contributed by atoms with Gasteiger partial charge in [-0.05, 0) is 53.6 Å². The smallest absolute Gasteiger partial charge is 0.256 e. The normalized spacial score (nSPS) is 16.2. The Hall–Kier alpha value is -2.78. The van der Waals surface area contributed by atoms with E-state index in [2.05, 4.69) is 20.8 Å². The lowest BCUT2D eigenvalue weighted by molar-refractivity contribution is 0.102. The Kier molecular flexibility index (Phi) is 5.63. The van der Waals surface area contributed by atoms with Gasteiger partial charge in [0.2, 0.25) is 0 Å². The number of halogens is 1. The summed E-state index contributed by atoms with van der Waals surface area (Å²) in [6, 6.07) is 11.6. The largest absolute Gasteiger partial charge is 0.377 e. The van der Waals surface area contributed by atoms with Gasteiger partial charge >= 0.3 is 0 Å². The van der Waals surface area contributed by atoms with Crippen molar-refractivity contribution < 1.29 is 13.9 Å². The Morgan fingerprint density at radius 1 is 1.32 bits per heavy atom. The first-order chi connectivity index (χ1) is 13.7. The van der Waals surface area contributed by atoms with E-state index in [4.69, 9.17) is 4.74 Å². The summed E-state index contributed by atoms with van der Waals surface area (Å²) in [5.41, 5.74) is 1.11. The van der Waals surface area contributed by atoms with Gasteiger partial charge in [0.1, 0.15) is 12.1 Å². The van der Waals surface area contributed by atoms with Gasteiger partial charge in [-0.2, -0.15) is 0 Å². The summed E-state index contributed by atoms with van der Waals surface area (Å²) in [7, 11) is 0. The molecule has 1 aliphatic rings. The van der Waals surface area contributed by atoms with Crippen molar-refractivity contribution in [2.75, 3.05) is 17.7 Å². The standard InChI is InChI=1S/C19H18FN5O2S/c20-16-8-7-13(25-12-21-23-24-25)10-17(16)22-19(26)15-5-1-2-6-18(15)28-11-14-4-3-9-27-14/h1-2,5-8,10,12,14H,3-4,9,11H2,(H,22,26)/t14-/m0/s1. The van der Waals surface area contributed by atoms with Crippen molar-refractivity contribution in [1.82, 2.24) is 20.2 Å². The molecule has 0 spiro atoms. The molecule has 7 nitrogen and oxygen atoms in total.